The first kappa shape index (κ1) is 17.3. The molecule has 4 nitrogen and oxygen atoms in total. The fourth-order valence-corrected chi connectivity index (χ4v) is 2.23. The summed E-state index contributed by atoms with van der Waals surface area (Å²) in [7, 11) is 0. The number of carbonyl (C=O) groups excluding carboxylic acids is 1. The summed E-state index contributed by atoms with van der Waals surface area (Å²) < 4.78 is 12.1. The molecular formula is C18H20BrNO3. The second kappa shape index (κ2) is 8.58. The van der Waals surface area contributed by atoms with Crippen LogP contribution in [0.1, 0.15) is 12.5 Å². The summed E-state index contributed by atoms with van der Waals surface area (Å²) in [5.41, 5.74) is 1.14. The van der Waals surface area contributed by atoms with Gasteiger partial charge >= 0.3 is 0 Å². The first-order valence-corrected chi connectivity index (χ1v) is 8.23. The topological polar surface area (TPSA) is 47.6 Å². The zero-order valence-electron chi connectivity index (χ0n) is 13.2. The number of hydrogen-bond donors (Lipinski definition) is 1. The number of hydrogen-bond acceptors (Lipinski definition) is 3. The van der Waals surface area contributed by atoms with Crippen molar-refractivity contribution in [2.24, 2.45) is 0 Å². The molecule has 0 fully saturated rings. The number of nitrogens with one attached hydrogen (secondary N) is 1. The molecular weight excluding hydrogens is 358 g/mol. The molecule has 0 aliphatic carbocycles. The van der Waals surface area contributed by atoms with Crippen LogP contribution in [0, 0.1) is 6.92 Å². The molecule has 0 bridgehead atoms. The van der Waals surface area contributed by atoms with E-state index in [2.05, 4.69) is 21.2 Å². The van der Waals surface area contributed by atoms with Gasteiger partial charge in [-0.15, -0.1) is 0 Å². The Morgan fingerprint density at radius 1 is 1.17 bits per heavy atom. The highest BCUT2D eigenvalue weighted by molar-refractivity contribution is 9.10. The molecule has 0 aliphatic heterocycles. The highest BCUT2D eigenvalue weighted by Gasteiger charge is 2.13. The van der Waals surface area contributed by atoms with Crippen LogP contribution in [0.4, 0.5) is 0 Å². The van der Waals surface area contributed by atoms with Crippen LogP contribution in [-0.2, 0) is 4.79 Å². The van der Waals surface area contributed by atoms with Crippen LogP contribution in [0.3, 0.4) is 0 Å². The van der Waals surface area contributed by atoms with Gasteiger partial charge in [0.05, 0.1) is 6.54 Å². The molecule has 0 spiro atoms. The Morgan fingerprint density at radius 3 is 2.61 bits per heavy atom. The minimum absolute atomic E-state index is 0.166. The molecule has 2 aromatic rings. The van der Waals surface area contributed by atoms with Crippen molar-refractivity contribution in [2.75, 3.05) is 13.2 Å². The molecule has 2 aromatic carbocycles. The van der Waals surface area contributed by atoms with Crippen molar-refractivity contribution in [2.45, 2.75) is 20.0 Å². The van der Waals surface area contributed by atoms with E-state index < -0.39 is 6.10 Å². The van der Waals surface area contributed by atoms with Crippen LogP contribution in [0.2, 0.25) is 0 Å². The van der Waals surface area contributed by atoms with E-state index in [1.807, 2.05) is 55.5 Å². The standard InChI is InChI=1S/C18H20BrNO3/c1-13-4-3-5-17(12-13)22-11-10-20-18(21)14(2)23-16-8-6-15(19)7-9-16/h3-9,12,14H,10-11H2,1-2H3,(H,20,21). The maximum atomic E-state index is 12.0. The van der Waals surface area contributed by atoms with Crippen molar-refractivity contribution in [1.82, 2.24) is 5.32 Å². The van der Waals surface area contributed by atoms with E-state index in [4.69, 9.17) is 9.47 Å². The van der Waals surface area contributed by atoms with E-state index in [1.165, 1.54) is 0 Å². The van der Waals surface area contributed by atoms with Gasteiger partial charge < -0.3 is 14.8 Å². The summed E-state index contributed by atoms with van der Waals surface area (Å²) in [5, 5.41) is 2.80. The summed E-state index contributed by atoms with van der Waals surface area (Å²) in [5.74, 6) is 1.30. The Balaban J connectivity index is 1.70. The minimum Gasteiger partial charge on any atom is -0.492 e. The molecule has 0 heterocycles. The van der Waals surface area contributed by atoms with Gasteiger partial charge in [-0.05, 0) is 55.8 Å². The number of aryl methyl sites for hydroxylation is 1. The van der Waals surface area contributed by atoms with Gasteiger partial charge in [-0.25, -0.2) is 0 Å². The summed E-state index contributed by atoms with van der Waals surface area (Å²) in [4.78, 5) is 12.0. The van der Waals surface area contributed by atoms with Crippen molar-refractivity contribution >= 4 is 21.8 Å². The molecule has 5 heteroatoms. The van der Waals surface area contributed by atoms with Gasteiger partial charge in [-0.3, -0.25) is 4.79 Å². The second-order valence-corrected chi connectivity index (χ2v) is 6.09. The summed E-state index contributed by atoms with van der Waals surface area (Å²) in [6, 6.07) is 15.2. The van der Waals surface area contributed by atoms with Crippen molar-refractivity contribution in [3.63, 3.8) is 0 Å². The van der Waals surface area contributed by atoms with Crippen LogP contribution in [0.15, 0.2) is 53.0 Å². The number of halogens is 1. The molecule has 23 heavy (non-hydrogen) atoms. The second-order valence-electron chi connectivity index (χ2n) is 5.17. The Kier molecular flexibility index (Phi) is 6.47. The first-order chi connectivity index (χ1) is 11.0. The average molecular weight is 378 g/mol. The minimum atomic E-state index is -0.560. The number of ether oxygens (including phenoxy) is 2. The molecule has 1 unspecified atom stereocenters. The zero-order chi connectivity index (χ0) is 16.7. The normalized spacial score (nSPS) is 11.6. The van der Waals surface area contributed by atoms with E-state index in [0.29, 0.717) is 18.9 Å². The van der Waals surface area contributed by atoms with Crippen molar-refractivity contribution in [3.8, 4) is 11.5 Å². The quantitative estimate of drug-likeness (QED) is 0.747. The monoisotopic (exact) mass is 377 g/mol. The third-order valence-corrected chi connectivity index (χ3v) is 3.68. The highest BCUT2D eigenvalue weighted by atomic mass is 79.9. The molecule has 1 N–H and O–H groups in total. The molecule has 0 radical (unpaired) electrons. The SMILES string of the molecule is Cc1cccc(OCCNC(=O)C(C)Oc2ccc(Br)cc2)c1. The Labute approximate surface area is 144 Å². The summed E-state index contributed by atoms with van der Waals surface area (Å²) in [6.07, 6.45) is -0.560. The van der Waals surface area contributed by atoms with Gasteiger partial charge in [0, 0.05) is 4.47 Å². The predicted octanol–water partition coefficient (Wildman–Crippen LogP) is 3.72. The van der Waals surface area contributed by atoms with E-state index >= 15 is 0 Å². The lowest BCUT2D eigenvalue weighted by Crippen LogP contribution is -2.38. The lowest BCUT2D eigenvalue weighted by atomic mass is 10.2. The largest absolute Gasteiger partial charge is 0.492 e. The van der Waals surface area contributed by atoms with E-state index in [1.54, 1.807) is 6.92 Å². The fraction of sp³-hybridized carbons (Fsp3) is 0.278. The van der Waals surface area contributed by atoms with Crippen LogP contribution in [0.5, 0.6) is 11.5 Å². The Bertz CT molecular complexity index is 643. The number of carbonyl (C=O) groups is 1. The van der Waals surface area contributed by atoms with Crippen LogP contribution >= 0.6 is 15.9 Å². The molecule has 0 saturated heterocycles. The third kappa shape index (κ3) is 5.94. The molecule has 0 aromatic heterocycles. The first-order valence-electron chi connectivity index (χ1n) is 7.44. The Hall–Kier alpha value is -2.01. The molecule has 0 saturated carbocycles. The van der Waals surface area contributed by atoms with E-state index in [-0.39, 0.29) is 5.91 Å². The van der Waals surface area contributed by atoms with Crippen LogP contribution < -0.4 is 14.8 Å². The van der Waals surface area contributed by atoms with Gasteiger partial charge in [0.1, 0.15) is 18.1 Å². The van der Waals surface area contributed by atoms with Crippen LogP contribution in [0.25, 0.3) is 0 Å². The molecule has 1 atom stereocenters. The third-order valence-electron chi connectivity index (χ3n) is 3.16. The molecule has 122 valence electrons. The smallest absolute Gasteiger partial charge is 0.260 e. The van der Waals surface area contributed by atoms with Gasteiger partial charge in [0.25, 0.3) is 5.91 Å². The highest BCUT2D eigenvalue weighted by Crippen LogP contribution is 2.17. The number of rotatable bonds is 7. The van der Waals surface area contributed by atoms with Crippen LogP contribution in [-0.4, -0.2) is 25.2 Å². The lowest BCUT2D eigenvalue weighted by Gasteiger charge is -2.15. The van der Waals surface area contributed by atoms with E-state index in [9.17, 15) is 4.79 Å². The number of benzene rings is 2. The zero-order valence-corrected chi connectivity index (χ0v) is 14.8. The summed E-state index contributed by atoms with van der Waals surface area (Å²) >= 11 is 3.36. The maximum Gasteiger partial charge on any atom is 0.260 e. The Morgan fingerprint density at radius 2 is 1.91 bits per heavy atom. The van der Waals surface area contributed by atoms with Crippen molar-refractivity contribution in [3.05, 3.63) is 58.6 Å². The fourth-order valence-electron chi connectivity index (χ4n) is 1.96. The predicted molar refractivity (Wildman–Crippen MR) is 93.9 cm³/mol. The van der Waals surface area contributed by atoms with Gasteiger partial charge in [0.2, 0.25) is 0 Å². The van der Waals surface area contributed by atoms with E-state index in [0.717, 1.165) is 15.8 Å². The van der Waals surface area contributed by atoms with Gasteiger partial charge in [0.15, 0.2) is 6.10 Å². The van der Waals surface area contributed by atoms with Crippen molar-refractivity contribution < 1.29 is 14.3 Å². The average Bonchev–Trinajstić information content (AvgIpc) is 2.53. The lowest BCUT2D eigenvalue weighted by molar-refractivity contribution is -0.127. The molecule has 2 rings (SSSR count). The molecule has 0 aliphatic rings. The maximum absolute atomic E-state index is 12.0. The molecule has 1 amide bonds. The van der Waals surface area contributed by atoms with Crippen molar-refractivity contribution in [1.29, 1.82) is 0 Å². The number of amides is 1. The summed E-state index contributed by atoms with van der Waals surface area (Å²) in [6.45, 7) is 4.58. The van der Waals surface area contributed by atoms with Gasteiger partial charge in [-0.2, -0.15) is 0 Å². The van der Waals surface area contributed by atoms with Gasteiger partial charge in [-0.1, -0.05) is 28.1 Å².